The number of hydrogen-bond donors (Lipinski definition) is 0. The van der Waals surface area contributed by atoms with Gasteiger partial charge in [0.05, 0.1) is 4.90 Å². The van der Waals surface area contributed by atoms with E-state index >= 15 is 0 Å². The molecule has 152 valence electrons. The lowest BCUT2D eigenvalue weighted by atomic mass is 10.0. The van der Waals surface area contributed by atoms with Crippen molar-refractivity contribution in [1.29, 1.82) is 0 Å². The average molecular weight is 432 g/mol. The second-order valence-corrected chi connectivity index (χ2v) is 10.1. The molecule has 4 rings (SSSR count). The van der Waals surface area contributed by atoms with Gasteiger partial charge in [-0.2, -0.15) is 4.31 Å². The Morgan fingerprint density at radius 3 is 2.62 bits per heavy atom. The van der Waals surface area contributed by atoms with Crippen molar-refractivity contribution in [1.82, 2.24) is 14.5 Å². The van der Waals surface area contributed by atoms with Gasteiger partial charge in [-0.3, -0.25) is 0 Å². The molecule has 0 radical (unpaired) electrons. The summed E-state index contributed by atoms with van der Waals surface area (Å²) < 4.78 is 41.7. The van der Waals surface area contributed by atoms with Crippen molar-refractivity contribution in [3.05, 3.63) is 64.9 Å². The molecule has 0 saturated carbocycles. The quantitative estimate of drug-likeness (QED) is 0.598. The normalized spacial score (nSPS) is 18.1. The summed E-state index contributed by atoms with van der Waals surface area (Å²) in [6.07, 6.45) is 2.46. The number of hydrogen-bond acceptors (Lipinski definition) is 5. The molecule has 8 heteroatoms. The van der Waals surface area contributed by atoms with E-state index in [1.54, 1.807) is 30.3 Å². The molecule has 0 bridgehead atoms. The first kappa shape index (κ1) is 20.1. The van der Waals surface area contributed by atoms with Gasteiger partial charge in [0, 0.05) is 24.6 Å². The third-order valence-corrected chi connectivity index (χ3v) is 8.25. The molecule has 0 spiro atoms. The van der Waals surface area contributed by atoms with Gasteiger partial charge in [0.1, 0.15) is 10.8 Å². The number of aryl methyl sites for hydroxylation is 1. The molecule has 2 heterocycles. The highest BCUT2D eigenvalue weighted by Gasteiger charge is 2.32. The average Bonchev–Trinajstić information content (AvgIpc) is 3.24. The summed E-state index contributed by atoms with van der Waals surface area (Å²) in [6.45, 7) is 2.90. The van der Waals surface area contributed by atoms with E-state index in [2.05, 4.69) is 10.2 Å². The van der Waals surface area contributed by atoms with Gasteiger partial charge in [-0.05, 0) is 49.1 Å². The second kappa shape index (κ2) is 8.30. The predicted octanol–water partition coefficient (Wildman–Crippen LogP) is 4.47. The van der Waals surface area contributed by atoms with Crippen molar-refractivity contribution in [2.45, 2.75) is 37.0 Å². The summed E-state index contributed by atoms with van der Waals surface area (Å²) in [7, 11) is -3.55. The summed E-state index contributed by atoms with van der Waals surface area (Å²) in [6, 6.07) is 13.6. The van der Waals surface area contributed by atoms with Crippen molar-refractivity contribution in [3.63, 3.8) is 0 Å². The molecule has 2 aromatic carbocycles. The molecule has 1 aliphatic heterocycles. The Labute approximate surface area is 174 Å². The van der Waals surface area contributed by atoms with Crippen LogP contribution in [0, 0.1) is 5.82 Å². The highest BCUT2D eigenvalue weighted by atomic mass is 32.2. The minimum Gasteiger partial charge on any atom is -0.207 e. The number of aromatic nitrogens is 2. The maximum atomic E-state index is 14.0. The van der Waals surface area contributed by atoms with E-state index in [-0.39, 0.29) is 11.7 Å². The Balaban J connectivity index is 1.55. The third-order valence-electron chi connectivity index (χ3n) is 5.25. The standard InChI is InChI=1S/C21H22FN3O2S2/c1-2-15-9-11-17(12-10-15)29(26,27)25-13-5-6-16(14-25)20-23-24-21(28-20)18-7-3-4-8-19(18)22/h3-4,7-12,16H,2,5-6,13-14H2,1H3. The zero-order valence-corrected chi connectivity index (χ0v) is 17.7. The van der Waals surface area contributed by atoms with Crippen LogP contribution >= 0.6 is 11.3 Å². The van der Waals surface area contributed by atoms with Crippen molar-refractivity contribution in [3.8, 4) is 10.6 Å². The number of halogens is 1. The van der Waals surface area contributed by atoms with E-state index in [0.29, 0.717) is 28.6 Å². The van der Waals surface area contributed by atoms with Crippen LogP contribution < -0.4 is 0 Å². The van der Waals surface area contributed by atoms with E-state index in [0.717, 1.165) is 29.8 Å². The Bertz CT molecular complexity index is 1100. The SMILES string of the molecule is CCc1ccc(S(=O)(=O)N2CCCC(c3nnc(-c4ccccc4F)s3)C2)cc1. The summed E-state index contributed by atoms with van der Waals surface area (Å²) in [5, 5.41) is 9.67. The van der Waals surface area contributed by atoms with Gasteiger partial charge in [0.2, 0.25) is 10.0 Å². The van der Waals surface area contributed by atoms with Gasteiger partial charge >= 0.3 is 0 Å². The largest absolute Gasteiger partial charge is 0.243 e. The van der Waals surface area contributed by atoms with Crippen molar-refractivity contribution < 1.29 is 12.8 Å². The lowest BCUT2D eigenvalue weighted by Gasteiger charge is -2.30. The Kier molecular flexibility index (Phi) is 5.76. The Morgan fingerprint density at radius 1 is 1.14 bits per heavy atom. The van der Waals surface area contributed by atoms with E-state index in [9.17, 15) is 12.8 Å². The summed E-state index contributed by atoms with van der Waals surface area (Å²) in [5.74, 6) is -0.370. The number of sulfonamides is 1. The molecule has 1 atom stereocenters. The van der Waals surface area contributed by atoms with Crippen LogP contribution in [0.3, 0.4) is 0 Å². The molecule has 3 aromatic rings. The lowest BCUT2D eigenvalue weighted by molar-refractivity contribution is 0.314. The fourth-order valence-corrected chi connectivity index (χ4v) is 6.07. The fraction of sp³-hybridized carbons (Fsp3) is 0.333. The van der Waals surface area contributed by atoms with Crippen LogP contribution in [0.5, 0.6) is 0 Å². The van der Waals surface area contributed by atoms with Gasteiger partial charge in [0.15, 0.2) is 5.01 Å². The number of piperidine rings is 1. The van der Waals surface area contributed by atoms with E-state index in [4.69, 9.17) is 0 Å². The molecule has 1 unspecified atom stereocenters. The topological polar surface area (TPSA) is 63.2 Å². The van der Waals surface area contributed by atoms with Crippen molar-refractivity contribution >= 4 is 21.4 Å². The van der Waals surface area contributed by atoms with E-state index in [1.807, 2.05) is 19.1 Å². The molecule has 29 heavy (non-hydrogen) atoms. The molecule has 5 nitrogen and oxygen atoms in total. The molecule has 1 fully saturated rings. The summed E-state index contributed by atoms with van der Waals surface area (Å²) in [5.41, 5.74) is 1.53. The molecular weight excluding hydrogens is 409 g/mol. The third kappa shape index (κ3) is 4.10. The highest BCUT2D eigenvalue weighted by Crippen LogP contribution is 2.35. The lowest BCUT2D eigenvalue weighted by Crippen LogP contribution is -2.39. The molecule has 0 N–H and O–H groups in total. The molecule has 1 aromatic heterocycles. The Morgan fingerprint density at radius 2 is 1.90 bits per heavy atom. The first-order valence-electron chi connectivity index (χ1n) is 9.66. The van der Waals surface area contributed by atoms with Crippen LogP contribution in [0.4, 0.5) is 4.39 Å². The maximum absolute atomic E-state index is 14.0. The number of nitrogens with zero attached hydrogens (tertiary/aromatic N) is 3. The maximum Gasteiger partial charge on any atom is 0.243 e. The molecule has 0 amide bonds. The van der Waals surface area contributed by atoms with Gasteiger partial charge in [-0.25, -0.2) is 12.8 Å². The first-order chi connectivity index (χ1) is 14.0. The van der Waals surface area contributed by atoms with Crippen LogP contribution in [0.1, 0.15) is 36.3 Å². The van der Waals surface area contributed by atoms with Crippen molar-refractivity contribution in [2.75, 3.05) is 13.1 Å². The Hall–Kier alpha value is -2.16. The zero-order valence-electron chi connectivity index (χ0n) is 16.1. The first-order valence-corrected chi connectivity index (χ1v) is 11.9. The predicted molar refractivity (Wildman–Crippen MR) is 112 cm³/mol. The number of rotatable bonds is 5. The van der Waals surface area contributed by atoms with Crippen molar-refractivity contribution in [2.24, 2.45) is 0 Å². The van der Waals surface area contributed by atoms with Crippen LogP contribution in [-0.4, -0.2) is 36.0 Å². The number of benzene rings is 2. The van der Waals surface area contributed by atoms with Crippen LogP contribution in [-0.2, 0) is 16.4 Å². The van der Waals surface area contributed by atoms with Gasteiger partial charge in [0.25, 0.3) is 0 Å². The van der Waals surface area contributed by atoms with E-state index in [1.165, 1.54) is 21.7 Å². The molecule has 0 aliphatic carbocycles. The van der Waals surface area contributed by atoms with E-state index < -0.39 is 10.0 Å². The monoisotopic (exact) mass is 431 g/mol. The van der Waals surface area contributed by atoms with Crippen LogP contribution in [0.15, 0.2) is 53.4 Å². The smallest absolute Gasteiger partial charge is 0.207 e. The fourth-order valence-electron chi connectivity index (χ4n) is 3.55. The molecular formula is C21H22FN3O2S2. The second-order valence-electron chi connectivity index (χ2n) is 7.13. The van der Waals surface area contributed by atoms with Gasteiger partial charge in [-0.1, -0.05) is 42.5 Å². The minimum atomic E-state index is -3.55. The highest BCUT2D eigenvalue weighted by molar-refractivity contribution is 7.89. The molecule has 1 aliphatic rings. The summed E-state index contributed by atoms with van der Waals surface area (Å²) in [4.78, 5) is 0.319. The van der Waals surface area contributed by atoms with Gasteiger partial charge in [-0.15, -0.1) is 10.2 Å². The van der Waals surface area contributed by atoms with Crippen LogP contribution in [0.2, 0.25) is 0 Å². The summed E-state index contributed by atoms with van der Waals surface area (Å²) >= 11 is 1.34. The van der Waals surface area contributed by atoms with Gasteiger partial charge < -0.3 is 0 Å². The van der Waals surface area contributed by atoms with Crippen LogP contribution in [0.25, 0.3) is 10.6 Å². The minimum absolute atomic E-state index is 0.0357. The zero-order chi connectivity index (χ0) is 20.4. The molecule has 1 saturated heterocycles.